The smallest absolute Gasteiger partial charge is 0.459 e. The quantitative estimate of drug-likeness (QED) is 0.155. The van der Waals surface area contributed by atoms with E-state index in [-0.39, 0.29) is 29.5 Å². The number of carbonyl (C=O) groups is 2. The summed E-state index contributed by atoms with van der Waals surface area (Å²) in [7, 11) is -4.44. The van der Waals surface area contributed by atoms with Gasteiger partial charge < -0.3 is 23.8 Å². The number of imidazole rings is 1. The van der Waals surface area contributed by atoms with Crippen molar-refractivity contribution in [2.75, 3.05) is 6.61 Å². The fraction of sp³-hybridized carbons (Fsp3) is 0.387. The fourth-order valence-corrected chi connectivity index (χ4v) is 6.41. The van der Waals surface area contributed by atoms with Gasteiger partial charge in [0.15, 0.2) is 17.5 Å². The van der Waals surface area contributed by atoms with E-state index in [0.29, 0.717) is 5.56 Å². The molecule has 6 atom stereocenters. The summed E-state index contributed by atoms with van der Waals surface area (Å²) in [4.78, 5) is 38.7. The molecule has 0 aliphatic carbocycles. The average molecular weight is 672 g/mol. The van der Waals surface area contributed by atoms with Crippen LogP contribution in [0.15, 0.2) is 73.1 Å². The van der Waals surface area contributed by atoms with Crippen LogP contribution in [0.2, 0.25) is 0 Å². The first-order chi connectivity index (χ1) is 22.4. The molecule has 2 N–H and O–H groups in total. The van der Waals surface area contributed by atoms with Crippen molar-refractivity contribution in [2.45, 2.75) is 70.6 Å². The van der Waals surface area contributed by atoms with Crippen molar-refractivity contribution in [3.63, 3.8) is 0 Å². The SMILES string of the molecule is Cc1nc2nccnc2n1[C@@H]1O[C@H](COP(=O)(N[C@@H](C)C(=O)OC(C)C)Oc2ccccc2)[C@@H](O)[C@]1(F)C(=O)OCc1ccccc1. The second kappa shape index (κ2) is 14.2. The predicted molar refractivity (Wildman–Crippen MR) is 165 cm³/mol. The highest BCUT2D eigenvalue weighted by molar-refractivity contribution is 7.52. The van der Waals surface area contributed by atoms with E-state index in [2.05, 4.69) is 20.0 Å². The molecule has 14 nitrogen and oxygen atoms in total. The van der Waals surface area contributed by atoms with Crippen LogP contribution < -0.4 is 9.61 Å². The van der Waals surface area contributed by atoms with Crippen LogP contribution in [-0.4, -0.2) is 73.2 Å². The summed E-state index contributed by atoms with van der Waals surface area (Å²) in [6, 6.07) is 15.4. The molecule has 0 spiro atoms. The average Bonchev–Trinajstić information content (AvgIpc) is 3.51. The number of aryl methyl sites for hydroxylation is 1. The second-order valence-corrected chi connectivity index (χ2v) is 12.8. The number of aliphatic hydroxyl groups is 1. The van der Waals surface area contributed by atoms with Crippen molar-refractivity contribution in [2.24, 2.45) is 0 Å². The van der Waals surface area contributed by atoms with Crippen molar-refractivity contribution in [1.29, 1.82) is 0 Å². The summed E-state index contributed by atoms with van der Waals surface area (Å²) >= 11 is 0. The Morgan fingerprint density at radius 1 is 1.09 bits per heavy atom. The van der Waals surface area contributed by atoms with Gasteiger partial charge in [0.25, 0.3) is 5.67 Å². The fourth-order valence-electron chi connectivity index (χ4n) is 4.91. The highest BCUT2D eigenvalue weighted by atomic mass is 31.2. The Morgan fingerprint density at radius 3 is 2.43 bits per heavy atom. The number of hydrogen-bond donors (Lipinski definition) is 2. The number of benzene rings is 2. The minimum atomic E-state index is -4.44. The minimum absolute atomic E-state index is 0.0823. The highest BCUT2D eigenvalue weighted by Gasteiger charge is 2.65. The number of aromatic nitrogens is 4. The van der Waals surface area contributed by atoms with Gasteiger partial charge in [-0.2, -0.15) is 5.09 Å². The van der Waals surface area contributed by atoms with Gasteiger partial charge in [-0.3, -0.25) is 13.9 Å². The van der Waals surface area contributed by atoms with E-state index in [1.165, 1.54) is 42.9 Å². The number of ether oxygens (including phenoxy) is 3. The monoisotopic (exact) mass is 671 g/mol. The molecule has 3 heterocycles. The third-order valence-corrected chi connectivity index (χ3v) is 8.79. The molecule has 16 heteroatoms. The van der Waals surface area contributed by atoms with Crippen molar-refractivity contribution in [3.05, 3.63) is 84.4 Å². The number of carbonyl (C=O) groups excluding carboxylic acids is 2. The molecule has 0 amide bonds. The molecule has 0 bridgehead atoms. The number of nitrogens with zero attached hydrogens (tertiary/aromatic N) is 4. The van der Waals surface area contributed by atoms with Crippen LogP contribution in [0.5, 0.6) is 5.75 Å². The van der Waals surface area contributed by atoms with Gasteiger partial charge in [-0.1, -0.05) is 48.5 Å². The number of para-hydroxylation sites is 1. The lowest BCUT2D eigenvalue weighted by molar-refractivity contribution is -0.173. The van der Waals surface area contributed by atoms with Gasteiger partial charge in [0.1, 0.15) is 36.4 Å². The molecule has 1 aliphatic heterocycles. The summed E-state index contributed by atoms with van der Waals surface area (Å²) in [5.41, 5.74) is -2.40. The maximum absolute atomic E-state index is 17.2. The van der Waals surface area contributed by atoms with Crippen molar-refractivity contribution < 1.29 is 46.9 Å². The number of halogens is 1. The molecular formula is C31H35FN5O9P. The van der Waals surface area contributed by atoms with Crippen LogP contribution in [0.1, 0.15) is 38.4 Å². The largest absolute Gasteiger partial charge is 0.462 e. The van der Waals surface area contributed by atoms with E-state index < -0.39 is 62.5 Å². The third-order valence-electron chi connectivity index (χ3n) is 7.15. The summed E-state index contributed by atoms with van der Waals surface area (Å²) in [6.45, 7) is 5.19. The van der Waals surface area contributed by atoms with E-state index in [9.17, 15) is 19.3 Å². The molecule has 0 saturated carbocycles. The molecule has 1 aliphatic rings. The lowest BCUT2D eigenvalue weighted by Gasteiger charge is -2.27. The van der Waals surface area contributed by atoms with Crippen LogP contribution in [0.25, 0.3) is 11.3 Å². The van der Waals surface area contributed by atoms with Gasteiger partial charge in [0.05, 0.1) is 12.7 Å². The number of rotatable bonds is 13. The van der Waals surface area contributed by atoms with Gasteiger partial charge in [0, 0.05) is 12.4 Å². The van der Waals surface area contributed by atoms with E-state index in [1.54, 1.807) is 62.4 Å². The normalized spacial score (nSPS) is 22.9. The number of esters is 2. The Labute approximate surface area is 269 Å². The molecule has 4 aromatic rings. The number of alkyl halides is 1. The van der Waals surface area contributed by atoms with Gasteiger partial charge in [0.2, 0.25) is 0 Å². The van der Waals surface area contributed by atoms with Crippen LogP contribution in [-0.2, 0) is 39.5 Å². The topological polar surface area (TPSA) is 173 Å². The molecule has 5 rings (SSSR count). The van der Waals surface area contributed by atoms with Crippen LogP contribution in [0, 0.1) is 6.92 Å². The molecule has 47 heavy (non-hydrogen) atoms. The first-order valence-electron chi connectivity index (χ1n) is 14.8. The Kier molecular flexibility index (Phi) is 10.3. The van der Waals surface area contributed by atoms with Gasteiger partial charge in [-0.25, -0.2) is 28.7 Å². The van der Waals surface area contributed by atoms with E-state index in [0.717, 1.165) is 0 Å². The molecule has 1 saturated heterocycles. The van der Waals surface area contributed by atoms with Gasteiger partial charge in [-0.15, -0.1) is 0 Å². The predicted octanol–water partition coefficient (Wildman–Crippen LogP) is 3.98. The maximum Gasteiger partial charge on any atom is 0.459 e. The Hall–Kier alpha value is -4.27. The van der Waals surface area contributed by atoms with Gasteiger partial charge >= 0.3 is 19.7 Å². The Morgan fingerprint density at radius 2 is 1.74 bits per heavy atom. The molecule has 1 fully saturated rings. The zero-order valence-electron chi connectivity index (χ0n) is 26.1. The lowest BCUT2D eigenvalue weighted by atomic mass is 9.96. The van der Waals surface area contributed by atoms with E-state index >= 15 is 4.39 Å². The molecule has 2 aromatic carbocycles. The van der Waals surface area contributed by atoms with Crippen molar-refractivity contribution >= 4 is 31.0 Å². The Bertz CT molecular complexity index is 1750. The zero-order valence-corrected chi connectivity index (χ0v) is 27.0. The Balaban J connectivity index is 1.44. The summed E-state index contributed by atoms with van der Waals surface area (Å²) < 4.78 is 60.2. The lowest BCUT2D eigenvalue weighted by Crippen LogP contribution is -2.51. The molecular weight excluding hydrogens is 636 g/mol. The van der Waals surface area contributed by atoms with Crippen LogP contribution in [0.4, 0.5) is 4.39 Å². The summed E-state index contributed by atoms with van der Waals surface area (Å²) in [6.07, 6.45) is -3.35. The van der Waals surface area contributed by atoms with Crippen molar-refractivity contribution in [1.82, 2.24) is 24.6 Å². The third kappa shape index (κ3) is 7.50. The standard InChI is InChI=1S/C31H35FN5O9P/c1-19(2)44-28(39)20(3)36-47(41,46-23-13-9-6-10-14-23)43-18-24-25(38)31(32,30(40)42-17-22-11-7-5-8-12-22)29(45-24)37-21(4)35-26-27(37)34-16-15-33-26/h5-16,19-20,24-25,29,38H,17-18H2,1-4H3,(H,36,41)/t20-,24+,25+,29+,31+,47?/m0/s1. The second-order valence-electron chi connectivity index (χ2n) is 11.1. The highest BCUT2D eigenvalue weighted by Crippen LogP contribution is 2.48. The number of hydrogen-bond acceptors (Lipinski definition) is 12. The number of nitrogens with one attached hydrogen (secondary N) is 1. The molecule has 250 valence electrons. The summed E-state index contributed by atoms with van der Waals surface area (Å²) in [5, 5.41) is 13.9. The first kappa shape index (κ1) is 34.1. The minimum Gasteiger partial charge on any atom is -0.462 e. The van der Waals surface area contributed by atoms with Crippen LogP contribution in [0.3, 0.4) is 0 Å². The maximum atomic E-state index is 17.2. The van der Waals surface area contributed by atoms with E-state index in [1.807, 2.05) is 0 Å². The molecule has 1 unspecified atom stereocenters. The van der Waals surface area contributed by atoms with Crippen LogP contribution >= 0.6 is 7.75 Å². The van der Waals surface area contributed by atoms with Crippen molar-refractivity contribution in [3.8, 4) is 5.75 Å². The molecule has 2 aromatic heterocycles. The zero-order chi connectivity index (χ0) is 33.8. The first-order valence-corrected chi connectivity index (χ1v) is 16.3. The number of aliphatic hydroxyl groups excluding tert-OH is 1. The van der Waals surface area contributed by atoms with Gasteiger partial charge in [-0.05, 0) is 45.4 Å². The summed E-state index contributed by atoms with van der Waals surface area (Å²) in [5.74, 6) is -1.84. The number of fused-ring (bicyclic) bond motifs is 1. The molecule has 0 radical (unpaired) electrons. The van der Waals surface area contributed by atoms with E-state index in [4.69, 9.17) is 23.3 Å².